The lowest BCUT2D eigenvalue weighted by Gasteiger charge is -2.41. The third kappa shape index (κ3) is 3.37. The van der Waals surface area contributed by atoms with E-state index in [0.717, 1.165) is 25.9 Å². The van der Waals surface area contributed by atoms with Crippen LogP contribution in [0.15, 0.2) is 18.2 Å². The fourth-order valence-electron chi connectivity index (χ4n) is 3.42. The van der Waals surface area contributed by atoms with E-state index in [4.69, 9.17) is 10.5 Å². The van der Waals surface area contributed by atoms with Gasteiger partial charge in [-0.25, -0.2) is 0 Å². The lowest BCUT2D eigenvalue weighted by Crippen LogP contribution is -2.41. The van der Waals surface area contributed by atoms with Crippen LogP contribution < -0.4 is 10.5 Å². The van der Waals surface area contributed by atoms with Crippen LogP contribution in [0.4, 0.5) is 0 Å². The van der Waals surface area contributed by atoms with Gasteiger partial charge in [-0.15, -0.1) is 0 Å². The maximum atomic E-state index is 9.30. The van der Waals surface area contributed by atoms with Gasteiger partial charge in [0, 0.05) is 6.04 Å². The monoisotopic (exact) mass is 287 g/mol. The number of hydrogen-bond donors (Lipinski definition) is 1. The Balaban J connectivity index is 2.36. The van der Waals surface area contributed by atoms with Crippen LogP contribution in [0.3, 0.4) is 0 Å². The minimum Gasteiger partial charge on any atom is -0.495 e. The lowest BCUT2D eigenvalue weighted by molar-refractivity contribution is 0.0960. The molecular formula is C17H25N3O. The predicted molar refractivity (Wildman–Crippen MR) is 84.1 cm³/mol. The molecule has 2 N–H and O–H groups in total. The van der Waals surface area contributed by atoms with E-state index in [0.29, 0.717) is 29.8 Å². The van der Waals surface area contributed by atoms with E-state index in [1.165, 1.54) is 12.0 Å². The number of ether oxygens (including phenoxy) is 1. The second-order valence-corrected chi connectivity index (χ2v) is 5.69. The molecule has 0 aromatic heterocycles. The first-order valence-electron chi connectivity index (χ1n) is 7.77. The van der Waals surface area contributed by atoms with Gasteiger partial charge in [-0.3, -0.25) is 4.90 Å². The molecule has 0 bridgehead atoms. The van der Waals surface area contributed by atoms with Gasteiger partial charge in [-0.05, 0) is 62.5 Å². The molecule has 1 aliphatic rings. The van der Waals surface area contributed by atoms with Crippen molar-refractivity contribution in [3.8, 4) is 11.8 Å². The Hall–Kier alpha value is -1.57. The van der Waals surface area contributed by atoms with Gasteiger partial charge in [0.15, 0.2) is 0 Å². The minimum atomic E-state index is 0.321. The molecule has 4 heteroatoms. The average molecular weight is 287 g/mol. The Kier molecular flexibility index (Phi) is 5.60. The normalized spacial score (nSPS) is 22.8. The first-order chi connectivity index (χ1) is 10.2. The molecular weight excluding hydrogens is 262 g/mol. The number of nitrogens with two attached hydrogens (primary N) is 1. The number of hydrogen-bond acceptors (Lipinski definition) is 4. The van der Waals surface area contributed by atoms with Crippen LogP contribution in [0.5, 0.6) is 5.75 Å². The second-order valence-electron chi connectivity index (χ2n) is 5.69. The summed E-state index contributed by atoms with van der Waals surface area (Å²) in [5, 5.41) is 9.30. The smallest absolute Gasteiger partial charge is 0.136 e. The molecule has 1 aromatic rings. The van der Waals surface area contributed by atoms with Gasteiger partial charge in [-0.1, -0.05) is 13.0 Å². The van der Waals surface area contributed by atoms with E-state index in [-0.39, 0.29) is 0 Å². The SMILES string of the molecule is CCCN1CCCC(CN)C1c1ccc(OC)c(C#N)c1. The summed E-state index contributed by atoms with van der Waals surface area (Å²) in [6.07, 6.45) is 3.50. The van der Waals surface area contributed by atoms with E-state index >= 15 is 0 Å². The van der Waals surface area contributed by atoms with Crippen LogP contribution >= 0.6 is 0 Å². The van der Waals surface area contributed by atoms with Crippen LogP contribution in [0.25, 0.3) is 0 Å². The highest BCUT2D eigenvalue weighted by molar-refractivity contribution is 5.46. The van der Waals surface area contributed by atoms with Crippen molar-refractivity contribution < 1.29 is 4.74 Å². The predicted octanol–water partition coefficient (Wildman–Crippen LogP) is 2.69. The zero-order chi connectivity index (χ0) is 15.2. The number of methoxy groups -OCH3 is 1. The highest BCUT2D eigenvalue weighted by atomic mass is 16.5. The molecule has 2 atom stereocenters. The van der Waals surface area contributed by atoms with Gasteiger partial charge >= 0.3 is 0 Å². The summed E-state index contributed by atoms with van der Waals surface area (Å²) in [4.78, 5) is 2.52. The topological polar surface area (TPSA) is 62.3 Å². The number of piperidine rings is 1. The van der Waals surface area contributed by atoms with Crippen LogP contribution in [-0.4, -0.2) is 31.6 Å². The first kappa shape index (κ1) is 15.8. The van der Waals surface area contributed by atoms with Crippen molar-refractivity contribution in [3.05, 3.63) is 29.3 Å². The summed E-state index contributed by atoms with van der Waals surface area (Å²) in [7, 11) is 1.60. The number of benzene rings is 1. The Labute approximate surface area is 127 Å². The van der Waals surface area contributed by atoms with Gasteiger partial charge in [0.1, 0.15) is 11.8 Å². The van der Waals surface area contributed by atoms with Crippen molar-refractivity contribution in [2.75, 3.05) is 26.7 Å². The van der Waals surface area contributed by atoms with Crippen LogP contribution in [0.1, 0.15) is 43.4 Å². The molecule has 4 nitrogen and oxygen atoms in total. The largest absolute Gasteiger partial charge is 0.495 e. The minimum absolute atomic E-state index is 0.321. The second kappa shape index (κ2) is 7.44. The van der Waals surface area contributed by atoms with E-state index in [9.17, 15) is 5.26 Å². The fraction of sp³-hybridized carbons (Fsp3) is 0.588. The molecule has 1 saturated heterocycles. The Bertz CT molecular complexity index is 507. The Morgan fingerprint density at radius 1 is 1.48 bits per heavy atom. The van der Waals surface area contributed by atoms with E-state index in [1.54, 1.807) is 7.11 Å². The van der Waals surface area contributed by atoms with E-state index in [1.807, 2.05) is 12.1 Å². The molecule has 0 radical (unpaired) electrons. The third-order valence-electron chi connectivity index (χ3n) is 4.36. The van der Waals surface area contributed by atoms with Gasteiger partial charge in [-0.2, -0.15) is 5.26 Å². The third-order valence-corrected chi connectivity index (χ3v) is 4.36. The lowest BCUT2D eigenvalue weighted by atomic mass is 9.84. The molecule has 1 aromatic carbocycles. The molecule has 21 heavy (non-hydrogen) atoms. The average Bonchev–Trinajstić information content (AvgIpc) is 2.54. The van der Waals surface area contributed by atoms with Crippen LogP contribution in [0, 0.1) is 17.2 Å². The van der Waals surface area contributed by atoms with Crippen molar-refractivity contribution in [1.29, 1.82) is 5.26 Å². The van der Waals surface area contributed by atoms with E-state index < -0.39 is 0 Å². The summed E-state index contributed by atoms with van der Waals surface area (Å²) in [5.41, 5.74) is 7.79. The van der Waals surface area contributed by atoms with Crippen molar-refractivity contribution >= 4 is 0 Å². The summed E-state index contributed by atoms with van der Waals surface area (Å²) in [6, 6.07) is 8.51. The van der Waals surface area contributed by atoms with Gasteiger partial charge in [0.25, 0.3) is 0 Å². The van der Waals surface area contributed by atoms with Crippen molar-refractivity contribution in [3.63, 3.8) is 0 Å². The molecule has 0 amide bonds. The summed E-state index contributed by atoms with van der Waals surface area (Å²) in [6.45, 7) is 5.09. The highest BCUT2D eigenvalue weighted by Crippen LogP contribution is 2.37. The molecule has 0 saturated carbocycles. The first-order valence-corrected chi connectivity index (χ1v) is 7.77. The number of rotatable bonds is 5. The van der Waals surface area contributed by atoms with Crippen LogP contribution in [0.2, 0.25) is 0 Å². The molecule has 1 fully saturated rings. The van der Waals surface area contributed by atoms with Crippen molar-refractivity contribution in [1.82, 2.24) is 4.90 Å². The van der Waals surface area contributed by atoms with Crippen molar-refractivity contribution in [2.24, 2.45) is 11.7 Å². The van der Waals surface area contributed by atoms with Gasteiger partial charge in [0.2, 0.25) is 0 Å². The molecule has 1 heterocycles. The molecule has 0 aliphatic carbocycles. The quantitative estimate of drug-likeness (QED) is 0.904. The molecule has 0 spiro atoms. The number of nitrogens with zero attached hydrogens (tertiary/aromatic N) is 2. The van der Waals surface area contributed by atoms with Gasteiger partial charge in [0.05, 0.1) is 12.7 Å². The number of likely N-dealkylation sites (tertiary alicyclic amines) is 1. The highest BCUT2D eigenvalue weighted by Gasteiger charge is 2.31. The Morgan fingerprint density at radius 3 is 2.90 bits per heavy atom. The zero-order valence-corrected chi connectivity index (χ0v) is 13.0. The maximum Gasteiger partial charge on any atom is 0.136 e. The molecule has 114 valence electrons. The summed E-state index contributed by atoms with van der Waals surface area (Å²) >= 11 is 0. The summed E-state index contributed by atoms with van der Waals surface area (Å²) < 4.78 is 5.25. The van der Waals surface area contributed by atoms with Gasteiger partial charge < -0.3 is 10.5 Å². The van der Waals surface area contributed by atoms with Crippen LogP contribution in [-0.2, 0) is 0 Å². The van der Waals surface area contributed by atoms with Crippen molar-refractivity contribution in [2.45, 2.75) is 32.2 Å². The molecule has 2 rings (SSSR count). The standard InChI is InChI=1S/C17H25N3O/c1-3-8-20-9-4-5-14(11-18)17(20)13-6-7-16(21-2)15(10-13)12-19/h6-7,10,14,17H,3-5,8-9,11,18H2,1-2H3. The van der Waals surface area contributed by atoms with E-state index in [2.05, 4.69) is 24.0 Å². The maximum absolute atomic E-state index is 9.30. The zero-order valence-electron chi connectivity index (χ0n) is 13.0. The molecule has 1 aliphatic heterocycles. The fourth-order valence-corrected chi connectivity index (χ4v) is 3.42. The molecule has 2 unspecified atom stereocenters. The summed E-state index contributed by atoms with van der Waals surface area (Å²) in [5.74, 6) is 1.11. The Morgan fingerprint density at radius 2 is 2.29 bits per heavy atom. The number of nitriles is 1.